The molecule has 3 aromatic rings. The normalized spacial score (nSPS) is 10.6. The molecule has 144 valence electrons. The zero-order valence-corrected chi connectivity index (χ0v) is 14.5. The van der Waals surface area contributed by atoms with Crippen molar-refractivity contribution in [1.82, 2.24) is 10.3 Å². The van der Waals surface area contributed by atoms with Crippen molar-refractivity contribution in [3.05, 3.63) is 89.3 Å². The quantitative estimate of drug-likeness (QED) is 0.487. The Hall–Kier alpha value is -3.42. The van der Waals surface area contributed by atoms with Gasteiger partial charge in [0.2, 0.25) is 0 Å². The third-order valence-electron chi connectivity index (χ3n) is 3.92. The summed E-state index contributed by atoms with van der Waals surface area (Å²) in [7, 11) is 0. The van der Waals surface area contributed by atoms with E-state index in [9.17, 15) is 22.4 Å². The molecule has 1 heterocycles. The van der Waals surface area contributed by atoms with Crippen LogP contribution in [0, 0.1) is 23.3 Å². The lowest BCUT2D eigenvalue weighted by Gasteiger charge is -2.09. The number of pyridine rings is 1. The van der Waals surface area contributed by atoms with Gasteiger partial charge in [-0.1, -0.05) is 12.1 Å². The lowest BCUT2D eigenvalue weighted by molar-refractivity contribution is 0.0949. The Morgan fingerprint density at radius 1 is 0.893 bits per heavy atom. The van der Waals surface area contributed by atoms with E-state index < -0.39 is 23.4 Å². The molecule has 0 spiro atoms. The molecule has 28 heavy (non-hydrogen) atoms. The number of anilines is 2. The summed E-state index contributed by atoms with van der Waals surface area (Å²) in [4.78, 5) is 16.1. The number of carbonyl (C=O) groups excluding carboxylic acids is 1. The minimum Gasteiger partial charge on any atom is -0.352 e. The van der Waals surface area contributed by atoms with E-state index in [1.807, 2.05) is 0 Å². The average Bonchev–Trinajstić information content (AvgIpc) is 2.70. The van der Waals surface area contributed by atoms with Gasteiger partial charge < -0.3 is 10.6 Å². The number of aromatic nitrogens is 1. The zero-order chi connectivity index (χ0) is 20.1. The van der Waals surface area contributed by atoms with Crippen LogP contribution in [0.25, 0.3) is 0 Å². The molecule has 2 N–H and O–H groups in total. The van der Waals surface area contributed by atoms with Crippen LogP contribution in [-0.4, -0.2) is 17.4 Å². The van der Waals surface area contributed by atoms with Gasteiger partial charge in [0.25, 0.3) is 5.91 Å². The zero-order valence-electron chi connectivity index (χ0n) is 14.5. The molecule has 2 aromatic carbocycles. The predicted molar refractivity (Wildman–Crippen MR) is 96.3 cm³/mol. The summed E-state index contributed by atoms with van der Waals surface area (Å²) in [5.74, 6) is -4.94. The molecule has 0 bridgehead atoms. The van der Waals surface area contributed by atoms with Crippen LogP contribution in [0.5, 0.6) is 0 Å². The SMILES string of the molecule is O=C(NCCc1ccc(F)cc1)c1ccc(Nc2ccc(F)c(F)c2F)cn1. The fourth-order valence-corrected chi connectivity index (χ4v) is 2.44. The average molecular weight is 389 g/mol. The van der Waals surface area contributed by atoms with Crippen LogP contribution in [0.3, 0.4) is 0 Å². The molecule has 0 aliphatic carbocycles. The van der Waals surface area contributed by atoms with Gasteiger partial charge in [0.1, 0.15) is 11.5 Å². The standard InChI is InChI=1S/C20H15F4N3O/c21-13-3-1-12(2-4-13)9-10-25-20(28)17-7-5-14(11-26-17)27-16-8-6-15(22)18(23)19(16)24/h1-8,11,27H,9-10H2,(H,25,28). The highest BCUT2D eigenvalue weighted by Gasteiger charge is 2.14. The highest BCUT2D eigenvalue weighted by atomic mass is 19.2. The highest BCUT2D eigenvalue weighted by Crippen LogP contribution is 2.23. The lowest BCUT2D eigenvalue weighted by Crippen LogP contribution is -2.26. The fraction of sp³-hybridized carbons (Fsp3) is 0.100. The molecule has 0 radical (unpaired) electrons. The van der Waals surface area contributed by atoms with Crippen LogP contribution in [0.15, 0.2) is 54.7 Å². The van der Waals surface area contributed by atoms with Gasteiger partial charge in [0.05, 0.1) is 17.6 Å². The monoisotopic (exact) mass is 389 g/mol. The van der Waals surface area contributed by atoms with Gasteiger partial charge in [-0.15, -0.1) is 0 Å². The minimum absolute atomic E-state index is 0.135. The first-order chi connectivity index (χ1) is 13.4. The summed E-state index contributed by atoms with van der Waals surface area (Å²) in [6, 6.07) is 10.7. The molecule has 0 fully saturated rings. The van der Waals surface area contributed by atoms with E-state index in [4.69, 9.17) is 0 Å². The largest absolute Gasteiger partial charge is 0.352 e. The van der Waals surface area contributed by atoms with Crippen molar-refractivity contribution in [3.8, 4) is 0 Å². The molecule has 3 rings (SSSR count). The van der Waals surface area contributed by atoms with E-state index in [2.05, 4.69) is 15.6 Å². The van der Waals surface area contributed by atoms with Crippen molar-refractivity contribution >= 4 is 17.3 Å². The molecular formula is C20H15F4N3O. The first-order valence-electron chi connectivity index (χ1n) is 8.33. The van der Waals surface area contributed by atoms with Crippen molar-refractivity contribution in [2.75, 3.05) is 11.9 Å². The number of nitrogens with one attached hydrogen (secondary N) is 2. The van der Waals surface area contributed by atoms with E-state index in [1.165, 1.54) is 30.5 Å². The second-order valence-electron chi connectivity index (χ2n) is 5.91. The maximum atomic E-state index is 13.7. The second-order valence-corrected chi connectivity index (χ2v) is 5.91. The molecule has 0 atom stereocenters. The third-order valence-corrected chi connectivity index (χ3v) is 3.92. The van der Waals surface area contributed by atoms with Gasteiger partial charge >= 0.3 is 0 Å². The van der Waals surface area contributed by atoms with Gasteiger partial charge in [-0.05, 0) is 48.4 Å². The van der Waals surface area contributed by atoms with Crippen LogP contribution >= 0.6 is 0 Å². The summed E-state index contributed by atoms with van der Waals surface area (Å²) in [6.07, 6.45) is 1.80. The number of hydrogen-bond donors (Lipinski definition) is 2. The van der Waals surface area contributed by atoms with E-state index in [0.29, 0.717) is 18.7 Å². The molecule has 1 amide bonds. The van der Waals surface area contributed by atoms with Crippen molar-refractivity contribution < 1.29 is 22.4 Å². The van der Waals surface area contributed by atoms with E-state index in [0.717, 1.165) is 17.7 Å². The topological polar surface area (TPSA) is 54.0 Å². The smallest absolute Gasteiger partial charge is 0.269 e. The molecule has 0 saturated carbocycles. The molecular weight excluding hydrogens is 374 g/mol. The van der Waals surface area contributed by atoms with Crippen LogP contribution in [-0.2, 0) is 6.42 Å². The number of carbonyl (C=O) groups is 1. The molecule has 0 aliphatic rings. The number of rotatable bonds is 6. The Bertz CT molecular complexity index is 976. The van der Waals surface area contributed by atoms with Gasteiger partial charge in [0, 0.05) is 6.54 Å². The van der Waals surface area contributed by atoms with Gasteiger partial charge in [0.15, 0.2) is 17.5 Å². The summed E-state index contributed by atoms with van der Waals surface area (Å²) in [5.41, 5.74) is 1.06. The predicted octanol–water partition coefficient (Wildman–Crippen LogP) is 4.35. The summed E-state index contributed by atoms with van der Waals surface area (Å²) in [6.45, 7) is 0.339. The Morgan fingerprint density at radius 3 is 2.32 bits per heavy atom. The highest BCUT2D eigenvalue weighted by molar-refractivity contribution is 5.92. The summed E-state index contributed by atoms with van der Waals surface area (Å²) >= 11 is 0. The lowest BCUT2D eigenvalue weighted by atomic mass is 10.1. The minimum atomic E-state index is -1.57. The maximum absolute atomic E-state index is 13.7. The van der Waals surface area contributed by atoms with Crippen molar-refractivity contribution in [1.29, 1.82) is 0 Å². The first-order valence-corrected chi connectivity index (χ1v) is 8.33. The van der Waals surface area contributed by atoms with E-state index >= 15 is 0 Å². The number of benzene rings is 2. The van der Waals surface area contributed by atoms with Crippen LogP contribution in [0.1, 0.15) is 16.1 Å². The number of hydrogen-bond acceptors (Lipinski definition) is 3. The Kier molecular flexibility index (Phi) is 5.88. The third kappa shape index (κ3) is 4.64. The maximum Gasteiger partial charge on any atom is 0.269 e. The number of nitrogens with zero attached hydrogens (tertiary/aromatic N) is 1. The number of halogens is 4. The Balaban J connectivity index is 1.57. The Morgan fingerprint density at radius 2 is 1.64 bits per heavy atom. The van der Waals surface area contributed by atoms with E-state index in [-0.39, 0.29) is 17.2 Å². The molecule has 8 heteroatoms. The molecule has 0 aliphatic heterocycles. The van der Waals surface area contributed by atoms with Crippen LogP contribution in [0.4, 0.5) is 28.9 Å². The molecule has 4 nitrogen and oxygen atoms in total. The van der Waals surface area contributed by atoms with Crippen LogP contribution in [0.2, 0.25) is 0 Å². The summed E-state index contributed by atoms with van der Waals surface area (Å²) in [5, 5.41) is 5.26. The van der Waals surface area contributed by atoms with Crippen LogP contribution < -0.4 is 10.6 Å². The van der Waals surface area contributed by atoms with Crippen molar-refractivity contribution in [3.63, 3.8) is 0 Å². The summed E-state index contributed by atoms with van der Waals surface area (Å²) < 4.78 is 52.7. The Labute approximate surface area is 158 Å². The van der Waals surface area contributed by atoms with Gasteiger partial charge in [-0.3, -0.25) is 4.79 Å². The number of amides is 1. The first kappa shape index (κ1) is 19.3. The second kappa shape index (κ2) is 8.51. The van der Waals surface area contributed by atoms with Gasteiger partial charge in [-0.25, -0.2) is 22.5 Å². The van der Waals surface area contributed by atoms with Crippen molar-refractivity contribution in [2.24, 2.45) is 0 Å². The van der Waals surface area contributed by atoms with Crippen molar-refractivity contribution in [2.45, 2.75) is 6.42 Å². The molecule has 0 saturated heterocycles. The molecule has 1 aromatic heterocycles. The fourth-order valence-electron chi connectivity index (χ4n) is 2.44. The van der Waals surface area contributed by atoms with E-state index in [1.54, 1.807) is 12.1 Å². The van der Waals surface area contributed by atoms with Gasteiger partial charge in [-0.2, -0.15) is 0 Å². The molecule has 0 unspecified atom stereocenters.